The maximum atomic E-state index is 12.6. The van der Waals surface area contributed by atoms with Crippen LogP contribution in [0.5, 0.6) is 0 Å². The van der Waals surface area contributed by atoms with E-state index in [1.807, 2.05) is 6.26 Å². The fraction of sp³-hybridized carbons (Fsp3) is 0.944. The molecule has 0 aromatic rings. The van der Waals surface area contributed by atoms with Gasteiger partial charge < -0.3 is 15.2 Å². The van der Waals surface area contributed by atoms with Gasteiger partial charge in [0.05, 0.1) is 16.9 Å². The highest BCUT2D eigenvalue weighted by Crippen LogP contribution is 2.59. The van der Waals surface area contributed by atoms with Crippen LogP contribution in [0.4, 0.5) is 0 Å². The van der Waals surface area contributed by atoms with Crippen molar-refractivity contribution in [3.05, 3.63) is 0 Å². The first-order chi connectivity index (χ1) is 11.0. The van der Waals surface area contributed by atoms with Gasteiger partial charge in [-0.25, -0.2) is 0 Å². The zero-order chi connectivity index (χ0) is 16.9. The number of ether oxygens (including phenoxy) is 1. The lowest BCUT2D eigenvalue weighted by atomic mass is 9.79. The van der Waals surface area contributed by atoms with Crippen LogP contribution < -0.4 is 5.32 Å². The van der Waals surface area contributed by atoms with Crippen LogP contribution in [0, 0.1) is 11.3 Å². The monoisotopic (exact) mass is 343 g/mol. The van der Waals surface area contributed by atoms with Crippen molar-refractivity contribution in [3.8, 4) is 0 Å². The maximum Gasteiger partial charge on any atom is 0.309 e. The van der Waals surface area contributed by atoms with Gasteiger partial charge in [0, 0.05) is 12.3 Å². The van der Waals surface area contributed by atoms with E-state index in [2.05, 4.69) is 19.2 Å². The second-order valence-corrected chi connectivity index (χ2v) is 8.17. The van der Waals surface area contributed by atoms with Crippen LogP contribution in [0.2, 0.25) is 0 Å². The molecule has 4 atom stereocenters. The van der Waals surface area contributed by atoms with Crippen molar-refractivity contribution in [2.24, 2.45) is 11.3 Å². The second-order valence-electron chi connectivity index (χ2n) is 7.30. The molecule has 1 aliphatic carbocycles. The lowest BCUT2D eigenvalue weighted by molar-refractivity contribution is -0.154. The van der Waals surface area contributed by atoms with Gasteiger partial charge in [0.2, 0.25) is 0 Å². The van der Waals surface area contributed by atoms with E-state index < -0.39 is 5.60 Å². The van der Waals surface area contributed by atoms with E-state index in [0.717, 1.165) is 63.8 Å². The van der Waals surface area contributed by atoms with E-state index in [1.54, 1.807) is 11.8 Å². The molecule has 1 saturated heterocycles. The molecule has 1 aliphatic heterocycles. The minimum absolute atomic E-state index is 0.0304. The van der Waals surface area contributed by atoms with Gasteiger partial charge >= 0.3 is 5.97 Å². The molecule has 0 aromatic heterocycles. The first-order valence-corrected chi connectivity index (χ1v) is 10.5. The van der Waals surface area contributed by atoms with E-state index in [-0.39, 0.29) is 23.4 Å². The minimum atomic E-state index is -0.702. The van der Waals surface area contributed by atoms with Crippen molar-refractivity contribution in [2.75, 3.05) is 25.1 Å². The van der Waals surface area contributed by atoms with Crippen LogP contribution >= 0.6 is 11.8 Å². The SMILES string of the molecule is CCCCC(CCC)C(=O)OC1CC12CNCCC2(O)CSC. The van der Waals surface area contributed by atoms with E-state index in [0.29, 0.717) is 0 Å². The van der Waals surface area contributed by atoms with Gasteiger partial charge in [-0.15, -0.1) is 0 Å². The largest absolute Gasteiger partial charge is 0.461 e. The third-order valence-corrected chi connectivity index (χ3v) is 6.37. The molecular weight excluding hydrogens is 310 g/mol. The quantitative estimate of drug-likeness (QED) is 0.630. The average Bonchev–Trinajstić information content (AvgIpc) is 3.21. The zero-order valence-corrected chi connectivity index (χ0v) is 15.7. The number of hydrogen-bond donors (Lipinski definition) is 2. The number of hydrogen-bond acceptors (Lipinski definition) is 5. The summed E-state index contributed by atoms with van der Waals surface area (Å²) in [6.07, 6.45) is 8.50. The van der Waals surface area contributed by atoms with Crippen LogP contribution in [-0.4, -0.2) is 47.9 Å². The van der Waals surface area contributed by atoms with Crippen molar-refractivity contribution in [3.63, 3.8) is 0 Å². The molecule has 2 rings (SSSR count). The Hall–Kier alpha value is -0.260. The average molecular weight is 344 g/mol. The number of unbranched alkanes of at least 4 members (excludes halogenated alkanes) is 1. The molecule has 0 amide bonds. The summed E-state index contributed by atoms with van der Waals surface area (Å²) in [6, 6.07) is 0. The molecule has 1 spiro atoms. The molecular formula is C18H33NO3S. The molecule has 0 bridgehead atoms. The Bertz CT molecular complexity index is 402. The molecule has 1 saturated carbocycles. The number of carbonyl (C=O) groups excluding carboxylic acids is 1. The maximum absolute atomic E-state index is 12.6. The Balaban J connectivity index is 1.96. The number of carbonyl (C=O) groups is 1. The number of esters is 1. The smallest absolute Gasteiger partial charge is 0.309 e. The predicted octanol–water partition coefficient (Wildman–Crippen LogP) is 2.98. The van der Waals surface area contributed by atoms with E-state index in [9.17, 15) is 9.90 Å². The molecule has 134 valence electrons. The van der Waals surface area contributed by atoms with Crippen LogP contribution in [0.3, 0.4) is 0 Å². The van der Waals surface area contributed by atoms with Gasteiger partial charge in [-0.1, -0.05) is 33.1 Å². The fourth-order valence-electron chi connectivity index (χ4n) is 3.99. The standard InChI is InChI=1S/C18H33NO3S/c1-4-6-8-14(7-5-2)16(20)22-15-11-17(15)12-19-10-9-18(17,21)13-23-3/h14-15,19,21H,4-13H2,1-3H3. The number of nitrogens with one attached hydrogen (secondary N) is 1. The second kappa shape index (κ2) is 8.21. The number of piperidine rings is 1. The van der Waals surface area contributed by atoms with Gasteiger partial charge in [-0.05, 0) is 38.5 Å². The number of rotatable bonds is 9. The lowest BCUT2D eigenvalue weighted by Crippen LogP contribution is -2.55. The summed E-state index contributed by atoms with van der Waals surface area (Å²) in [6.45, 7) is 5.87. The molecule has 5 heteroatoms. The first-order valence-electron chi connectivity index (χ1n) is 9.15. The number of aliphatic hydroxyl groups is 1. The summed E-state index contributed by atoms with van der Waals surface area (Å²) < 4.78 is 5.86. The van der Waals surface area contributed by atoms with Crippen molar-refractivity contribution < 1.29 is 14.6 Å². The molecule has 23 heavy (non-hydrogen) atoms. The molecule has 2 fully saturated rings. The van der Waals surface area contributed by atoms with Crippen molar-refractivity contribution in [1.29, 1.82) is 0 Å². The summed E-state index contributed by atoms with van der Waals surface area (Å²) in [4.78, 5) is 12.6. The Morgan fingerprint density at radius 1 is 1.39 bits per heavy atom. The van der Waals surface area contributed by atoms with E-state index >= 15 is 0 Å². The van der Waals surface area contributed by atoms with Crippen LogP contribution in [0.25, 0.3) is 0 Å². The van der Waals surface area contributed by atoms with Gasteiger partial charge in [-0.3, -0.25) is 4.79 Å². The molecule has 2 aliphatic rings. The molecule has 0 aromatic carbocycles. The molecule has 0 radical (unpaired) electrons. The Kier molecular flexibility index (Phi) is 6.81. The summed E-state index contributed by atoms with van der Waals surface area (Å²) in [5, 5.41) is 14.5. The van der Waals surface area contributed by atoms with E-state index in [4.69, 9.17) is 4.74 Å². The fourth-order valence-corrected chi connectivity index (χ4v) is 4.90. The highest BCUT2D eigenvalue weighted by molar-refractivity contribution is 7.98. The van der Waals surface area contributed by atoms with Crippen LogP contribution in [0.15, 0.2) is 0 Å². The van der Waals surface area contributed by atoms with E-state index in [1.165, 1.54) is 0 Å². The van der Waals surface area contributed by atoms with Crippen LogP contribution in [-0.2, 0) is 9.53 Å². The minimum Gasteiger partial charge on any atom is -0.461 e. The highest BCUT2D eigenvalue weighted by atomic mass is 32.2. The van der Waals surface area contributed by atoms with Crippen molar-refractivity contribution in [1.82, 2.24) is 5.32 Å². The Morgan fingerprint density at radius 3 is 2.83 bits per heavy atom. The normalized spacial score (nSPS) is 34.3. The Labute approximate surface area is 145 Å². The van der Waals surface area contributed by atoms with Crippen molar-refractivity contribution >= 4 is 17.7 Å². The predicted molar refractivity (Wildman–Crippen MR) is 95.7 cm³/mol. The third-order valence-electron chi connectivity index (χ3n) is 5.61. The zero-order valence-electron chi connectivity index (χ0n) is 14.9. The van der Waals surface area contributed by atoms with Gasteiger partial charge in [-0.2, -0.15) is 11.8 Å². The third kappa shape index (κ3) is 4.05. The van der Waals surface area contributed by atoms with Crippen LogP contribution in [0.1, 0.15) is 58.8 Å². The first kappa shape index (κ1) is 19.1. The van der Waals surface area contributed by atoms with Gasteiger partial charge in [0.1, 0.15) is 6.10 Å². The number of thioether (sulfide) groups is 1. The molecule has 2 N–H and O–H groups in total. The summed E-state index contributed by atoms with van der Waals surface area (Å²) in [5.74, 6) is 0.707. The Morgan fingerprint density at radius 2 is 2.17 bits per heavy atom. The molecule has 4 nitrogen and oxygen atoms in total. The summed E-state index contributed by atoms with van der Waals surface area (Å²) in [7, 11) is 0. The summed E-state index contributed by atoms with van der Waals surface area (Å²) >= 11 is 1.68. The van der Waals surface area contributed by atoms with Gasteiger partial charge in [0.25, 0.3) is 0 Å². The summed E-state index contributed by atoms with van der Waals surface area (Å²) in [5.41, 5.74) is -0.961. The molecule has 4 unspecified atom stereocenters. The van der Waals surface area contributed by atoms with Crippen molar-refractivity contribution in [2.45, 2.75) is 70.5 Å². The molecule has 1 heterocycles. The topological polar surface area (TPSA) is 58.6 Å². The van der Waals surface area contributed by atoms with Gasteiger partial charge in [0.15, 0.2) is 0 Å². The highest BCUT2D eigenvalue weighted by Gasteiger charge is 2.69. The lowest BCUT2D eigenvalue weighted by Gasteiger charge is -2.41.